The van der Waals surface area contributed by atoms with Crippen molar-refractivity contribution in [1.82, 2.24) is 9.97 Å². The number of halogens is 1. The minimum absolute atomic E-state index is 0.437. The van der Waals surface area contributed by atoms with E-state index in [-0.39, 0.29) is 0 Å². The molecule has 0 aliphatic heterocycles. The molecule has 0 N–H and O–H groups in total. The molecule has 0 saturated carbocycles. The molecule has 2 aromatic carbocycles. The predicted octanol–water partition coefficient (Wildman–Crippen LogP) is 5.12. The smallest absolute Gasteiger partial charge is 0.247 e. The Bertz CT molecular complexity index is 947. The number of oxazole rings is 1. The lowest BCUT2D eigenvalue weighted by Crippen LogP contribution is -1.96. The van der Waals surface area contributed by atoms with Crippen LogP contribution in [-0.2, 0) is 6.61 Å². The molecule has 0 fully saturated rings. The van der Waals surface area contributed by atoms with Gasteiger partial charge in [-0.1, -0.05) is 35.9 Å². The number of aromatic nitrogens is 2. The Morgan fingerprint density at radius 3 is 2.62 bits per heavy atom. The minimum Gasteiger partial charge on any atom is -0.488 e. The van der Waals surface area contributed by atoms with Crippen LogP contribution >= 0.6 is 11.6 Å². The second kappa shape index (κ2) is 6.34. The molecule has 4 aromatic rings. The molecule has 2 heterocycles. The van der Waals surface area contributed by atoms with Gasteiger partial charge < -0.3 is 9.15 Å². The van der Waals surface area contributed by atoms with Crippen molar-refractivity contribution in [1.29, 1.82) is 0 Å². The normalized spacial score (nSPS) is 10.9. The van der Waals surface area contributed by atoms with Crippen molar-refractivity contribution in [3.63, 3.8) is 0 Å². The molecule has 0 aliphatic carbocycles. The van der Waals surface area contributed by atoms with Crippen LogP contribution in [0, 0.1) is 0 Å². The van der Waals surface area contributed by atoms with Crippen LogP contribution in [-0.4, -0.2) is 9.97 Å². The topological polar surface area (TPSA) is 48.2 Å². The molecule has 0 bridgehead atoms. The highest BCUT2D eigenvalue weighted by molar-refractivity contribution is 6.30. The van der Waals surface area contributed by atoms with Gasteiger partial charge >= 0.3 is 0 Å². The highest BCUT2D eigenvalue weighted by Gasteiger charge is 2.13. The fourth-order valence-corrected chi connectivity index (χ4v) is 2.52. The third kappa shape index (κ3) is 2.96. The lowest BCUT2D eigenvalue weighted by atomic mass is 10.2. The van der Waals surface area contributed by atoms with E-state index in [1.54, 1.807) is 6.20 Å². The molecule has 4 nitrogen and oxygen atoms in total. The van der Waals surface area contributed by atoms with Crippen LogP contribution in [0.2, 0.25) is 5.02 Å². The van der Waals surface area contributed by atoms with E-state index in [1.165, 1.54) is 0 Å². The van der Waals surface area contributed by atoms with E-state index in [9.17, 15) is 0 Å². The SMILES string of the molecule is Clc1ccc(COc2ccccc2-c2nc3cccnc3o2)cc1. The molecule has 5 heteroatoms. The number of hydrogen-bond acceptors (Lipinski definition) is 4. The first-order chi connectivity index (χ1) is 11.8. The van der Waals surface area contributed by atoms with Crippen molar-refractivity contribution < 1.29 is 9.15 Å². The summed E-state index contributed by atoms with van der Waals surface area (Å²) < 4.78 is 11.7. The van der Waals surface area contributed by atoms with Crippen LogP contribution in [0.5, 0.6) is 5.75 Å². The van der Waals surface area contributed by atoms with Crippen LogP contribution in [0.25, 0.3) is 22.7 Å². The van der Waals surface area contributed by atoms with E-state index in [0.29, 0.717) is 29.0 Å². The summed E-state index contributed by atoms with van der Waals surface area (Å²) in [6.07, 6.45) is 1.68. The molecule has 0 saturated heterocycles. The van der Waals surface area contributed by atoms with E-state index in [1.807, 2.05) is 60.7 Å². The molecular formula is C19H13ClN2O2. The Balaban J connectivity index is 1.63. The largest absolute Gasteiger partial charge is 0.488 e. The summed E-state index contributed by atoms with van der Waals surface area (Å²) in [6.45, 7) is 0.437. The summed E-state index contributed by atoms with van der Waals surface area (Å²) in [5, 5.41) is 0.707. The van der Waals surface area contributed by atoms with Gasteiger partial charge in [-0.2, -0.15) is 0 Å². The van der Waals surface area contributed by atoms with E-state index in [4.69, 9.17) is 20.8 Å². The van der Waals surface area contributed by atoms with Crippen molar-refractivity contribution in [3.05, 3.63) is 77.4 Å². The lowest BCUT2D eigenvalue weighted by molar-refractivity contribution is 0.307. The Kier molecular flexibility index (Phi) is 3.89. The van der Waals surface area contributed by atoms with E-state index in [2.05, 4.69) is 9.97 Å². The van der Waals surface area contributed by atoms with Crippen LogP contribution < -0.4 is 4.74 Å². The maximum atomic E-state index is 5.95. The van der Waals surface area contributed by atoms with Gasteiger partial charge in [0.05, 0.1) is 5.56 Å². The van der Waals surface area contributed by atoms with Gasteiger partial charge in [-0.15, -0.1) is 0 Å². The Morgan fingerprint density at radius 1 is 0.958 bits per heavy atom. The van der Waals surface area contributed by atoms with Crippen molar-refractivity contribution in [3.8, 4) is 17.2 Å². The second-order valence-electron chi connectivity index (χ2n) is 5.26. The zero-order chi connectivity index (χ0) is 16.4. The summed E-state index contributed by atoms with van der Waals surface area (Å²) >= 11 is 5.91. The van der Waals surface area contributed by atoms with Gasteiger partial charge in [0.1, 0.15) is 17.9 Å². The number of hydrogen-bond donors (Lipinski definition) is 0. The summed E-state index contributed by atoms with van der Waals surface area (Å²) in [7, 11) is 0. The first kappa shape index (κ1) is 14.7. The van der Waals surface area contributed by atoms with Crippen LogP contribution in [0.15, 0.2) is 71.3 Å². The van der Waals surface area contributed by atoms with Crippen molar-refractivity contribution in [2.45, 2.75) is 6.61 Å². The van der Waals surface area contributed by atoms with Crippen molar-refractivity contribution in [2.75, 3.05) is 0 Å². The molecule has 2 aromatic heterocycles. The number of ether oxygens (including phenoxy) is 1. The summed E-state index contributed by atoms with van der Waals surface area (Å²) in [4.78, 5) is 8.66. The molecular weight excluding hydrogens is 324 g/mol. The van der Waals surface area contributed by atoms with Crippen LogP contribution in [0.4, 0.5) is 0 Å². The number of pyridine rings is 1. The van der Waals surface area contributed by atoms with Gasteiger partial charge in [-0.25, -0.2) is 9.97 Å². The Morgan fingerprint density at radius 2 is 1.79 bits per heavy atom. The zero-order valence-electron chi connectivity index (χ0n) is 12.6. The van der Waals surface area contributed by atoms with Crippen LogP contribution in [0.1, 0.15) is 5.56 Å². The van der Waals surface area contributed by atoms with E-state index >= 15 is 0 Å². The minimum atomic E-state index is 0.437. The number of benzene rings is 2. The molecule has 0 amide bonds. The van der Waals surface area contributed by atoms with Gasteiger partial charge in [0.15, 0.2) is 0 Å². The second-order valence-corrected chi connectivity index (χ2v) is 5.69. The first-order valence-corrected chi connectivity index (χ1v) is 7.85. The third-order valence-electron chi connectivity index (χ3n) is 3.59. The predicted molar refractivity (Wildman–Crippen MR) is 93.0 cm³/mol. The third-order valence-corrected chi connectivity index (χ3v) is 3.84. The standard InChI is InChI=1S/C19H13ClN2O2/c20-14-9-7-13(8-10-14)12-23-17-6-2-1-4-15(17)18-22-16-5-3-11-21-19(16)24-18/h1-11H,12H2. The molecule has 0 atom stereocenters. The molecule has 24 heavy (non-hydrogen) atoms. The maximum Gasteiger partial charge on any atom is 0.247 e. The van der Waals surface area contributed by atoms with Gasteiger partial charge in [-0.05, 0) is 42.0 Å². The van der Waals surface area contributed by atoms with Gasteiger partial charge in [0, 0.05) is 11.2 Å². The molecule has 0 spiro atoms. The summed E-state index contributed by atoms with van der Waals surface area (Å²) in [6, 6.07) is 18.9. The highest BCUT2D eigenvalue weighted by Crippen LogP contribution is 2.31. The number of fused-ring (bicyclic) bond motifs is 1. The number of rotatable bonds is 4. The van der Waals surface area contributed by atoms with Crippen molar-refractivity contribution >= 4 is 22.8 Å². The molecule has 0 aliphatic rings. The first-order valence-electron chi connectivity index (χ1n) is 7.48. The fraction of sp³-hybridized carbons (Fsp3) is 0.0526. The average molecular weight is 337 g/mol. The Labute approximate surface area is 143 Å². The zero-order valence-corrected chi connectivity index (χ0v) is 13.4. The van der Waals surface area contributed by atoms with Crippen LogP contribution in [0.3, 0.4) is 0 Å². The summed E-state index contributed by atoms with van der Waals surface area (Å²) in [5.74, 6) is 1.20. The Hall–Kier alpha value is -2.85. The molecule has 4 rings (SSSR count). The number of para-hydroxylation sites is 1. The maximum absolute atomic E-state index is 5.95. The monoisotopic (exact) mass is 336 g/mol. The summed E-state index contributed by atoms with van der Waals surface area (Å²) in [5.41, 5.74) is 3.07. The van der Waals surface area contributed by atoms with Gasteiger partial charge in [0.2, 0.25) is 11.6 Å². The molecule has 118 valence electrons. The average Bonchev–Trinajstić information content (AvgIpc) is 3.05. The highest BCUT2D eigenvalue weighted by atomic mass is 35.5. The van der Waals surface area contributed by atoms with E-state index in [0.717, 1.165) is 16.6 Å². The van der Waals surface area contributed by atoms with Gasteiger partial charge in [0.25, 0.3) is 0 Å². The molecule has 0 unspecified atom stereocenters. The van der Waals surface area contributed by atoms with Gasteiger partial charge in [-0.3, -0.25) is 0 Å². The quantitative estimate of drug-likeness (QED) is 0.519. The number of nitrogens with zero attached hydrogens (tertiary/aromatic N) is 2. The van der Waals surface area contributed by atoms with Crippen molar-refractivity contribution in [2.24, 2.45) is 0 Å². The fourth-order valence-electron chi connectivity index (χ4n) is 2.40. The molecule has 0 radical (unpaired) electrons. The lowest BCUT2D eigenvalue weighted by Gasteiger charge is -2.09. The van der Waals surface area contributed by atoms with E-state index < -0.39 is 0 Å².